The van der Waals surface area contributed by atoms with Gasteiger partial charge in [-0.3, -0.25) is 0 Å². The molecule has 3 nitrogen and oxygen atoms in total. The summed E-state index contributed by atoms with van der Waals surface area (Å²) < 4.78 is 6.64. The maximum Gasteiger partial charge on any atom is 0.160 e. The van der Waals surface area contributed by atoms with Crippen LogP contribution in [0, 0.1) is 0 Å². The van der Waals surface area contributed by atoms with Crippen LogP contribution >= 0.6 is 0 Å². The molecule has 286 valence electrons. The molecular formula is C58H38N2O. The lowest BCUT2D eigenvalue weighted by atomic mass is 9.74. The second kappa shape index (κ2) is 13.9. The summed E-state index contributed by atoms with van der Waals surface area (Å²) in [6, 6.07) is 75.9. The van der Waals surface area contributed by atoms with E-state index < -0.39 is 0 Å². The van der Waals surface area contributed by atoms with Crippen molar-refractivity contribution >= 4 is 32.7 Å². The van der Waals surface area contributed by atoms with Gasteiger partial charge in [-0.15, -0.1) is 0 Å². The van der Waals surface area contributed by atoms with Gasteiger partial charge in [0.25, 0.3) is 0 Å². The molecule has 9 aromatic carbocycles. The average Bonchev–Trinajstić information content (AvgIpc) is 3.84. The quantitative estimate of drug-likeness (QED) is 0.169. The van der Waals surface area contributed by atoms with Crippen LogP contribution in [0.1, 0.15) is 23.6 Å². The number of para-hydroxylation sites is 2. The zero-order chi connectivity index (χ0) is 40.5. The molecule has 2 heterocycles. The maximum absolute atomic E-state index is 6.64. The molecule has 12 rings (SSSR count). The Balaban J connectivity index is 1.10. The predicted octanol–water partition coefficient (Wildman–Crippen LogP) is 15.2. The van der Waals surface area contributed by atoms with Gasteiger partial charge in [-0.2, -0.15) is 0 Å². The summed E-state index contributed by atoms with van der Waals surface area (Å²) in [5.74, 6) is 0.680. The first-order valence-electron chi connectivity index (χ1n) is 20.9. The van der Waals surface area contributed by atoms with E-state index >= 15 is 0 Å². The Morgan fingerprint density at radius 2 is 0.967 bits per heavy atom. The number of fused-ring (bicyclic) bond motifs is 7. The number of furan rings is 1. The maximum atomic E-state index is 6.64. The summed E-state index contributed by atoms with van der Waals surface area (Å²) in [5, 5.41) is 4.60. The van der Waals surface area contributed by atoms with Crippen LogP contribution in [0.2, 0.25) is 0 Å². The fourth-order valence-corrected chi connectivity index (χ4v) is 9.73. The summed E-state index contributed by atoms with van der Waals surface area (Å²) in [5.41, 5.74) is 16.9. The third-order valence-electron chi connectivity index (χ3n) is 12.8. The fraction of sp³-hybridized carbons (Fsp3) is 0.0345. The number of aromatic nitrogens is 2. The second-order valence-electron chi connectivity index (χ2n) is 16.2. The minimum atomic E-state index is -0.333. The van der Waals surface area contributed by atoms with Crippen molar-refractivity contribution in [3.05, 3.63) is 229 Å². The third-order valence-corrected chi connectivity index (χ3v) is 12.8. The highest BCUT2D eigenvalue weighted by Gasteiger charge is 2.40. The Bertz CT molecular complexity index is 3490. The molecule has 0 saturated carbocycles. The molecule has 0 saturated heterocycles. The van der Waals surface area contributed by atoms with Gasteiger partial charge < -0.3 is 4.42 Å². The van der Waals surface area contributed by atoms with Crippen LogP contribution in [-0.2, 0) is 5.41 Å². The Morgan fingerprint density at radius 3 is 1.82 bits per heavy atom. The lowest BCUT2D eigenvalue weighted by molar-refractivity contribution is 0.670. The van der Waals surface area contributed by atoms with Gasteiger partial charge in [-0.25, -0.2) is 9.97 Å². The van der Waals surface area contributed by atoms with Gasteiger partial charge in [0.2, 0.25) is 0 Å². The van der Waals surface area contributed by atoms with E-state index in [1.54, 1.807) is 0 Å². The Morgan fingerprint density at radius 1 is 0.377 bits per heavy atom. The Kier molecular flexibility index (Phi) is 7.98. The van der Waals surface area contributed by atoms with Gasteiger partial charge in [0, 0.05) is 38.4 Å². The minimum Gasteiger partial charge on any atom is -0.455 e. The van der Waals surface area contributed by atoms with E-state index in [0.29, 0.717) is 5.82 Å². The first-order valence-corrected chi connectivity index (χ1v) is 20.9. The molecule has 0 aliphatic heterocycles. The van der Waals surface area contributed by atoms with E-state index in [-0.39, 0.29) is 5.41 Å². The van der Waals surface area contributed by atoms with E-state index in [1.807, 2.05) is 18.2 Å². The van der Waals surface area contributed by atoms with E-state index in [1.165, 1.54) is 38.6 Å². The summed E-state index contributed by atoms with van der Waals surface area (Å²) in [7, 11) is 0. The molecule has 1 aliphatic rings. The van der Waals surface area contributed by atoms with Crippen molar-refractivity contribution in [2.45, 2.75) is 12.3 Å². The van der Waals surface area contributed by atoms with Crippen LogP contribution in [-0.4, -0.2) is 9.97 Å². The van der Waals surface area contributed by atoms with Crippen LogP contribution in [0.3, 0.4) is 0 Å². The predicted molar refractivity (Wildman–Crippen MR) is 251 cm³/mol. The van der Waals surface area contributed by atoms with Crippen LogP contribution in [0.15, 0.2) is 217 Å². The van der Waals surface area contributed by atoms with Crippen molar-refractivity contribution in [3.63, 3.8) is 0 Å². The smallest absolute Gasteiger partial charge is 0.160 e. The monoisotopic (exact) mass is 778 g/mol. The first kappa shape index (κ1) is 35.1. The highest BCUT2D eigenvalue weighted by atomic mass is 16.3. The molecule has 3 heteroatoms. The fourth-order valence-electron chi connectivity index (χ4n) is 9.73. The van der Waals surface area contributed by atoms with Crippen molar-refractivity contribution in [3.8, 4) is 67.3 Å². The molecule has 0 amide bonds. The SMILES string of the molecule is CC1(c2ccccc2)c2ccccc2-c2ccc(-c3cc(-c4cc(-c5cccc6ccccc56)cc(-c5cccc6c5oc5ccccc56)c4)nc(-c4ccccc4)n3)cc21. The molecule has 1 atom stereocenters. The van der Waals surface area contributed by atoms with Gasteiger partial charge >= 0.3 is 0 Å². The zero-order valence-corrected chi connectivity index (χ0v) is 33.5. The average molecular weight is 779 g/mol. The lowest BCUT2D eigenvalue weighted by Gasteiger charge is -2.28. The molecule has 0 bridgehead atoms. The molecule has 2 aromatic heterocycles. The number of benzene rings is 9. The molecule has 0 fully saturated rings. The van der Waals surface area contributed by atoms with Crippen LogP contribution in [0.25, 0.3) is 100.0 Å². The summed E-state index contributed by atoms with van der Waals surface area (Å²) in [6.45, 7) is 2.36. The number of hydrogen-bond donors (Lipinski definition) is 0. The van der Waals surface area contributed by atoms with Gasteiger partial charge in [0.05, 0.1) is 11.4 Å². The molecule has 11 aromatic rings. The second-order valence-corrected chi connectivity index (χ2v) is 16.2. The highest BCUT2D eigenvalue weighted by Crippen LogP contribution is 2.53. The van der Waals surface area contributed by atoms with Crippen molar-refractivity contribution in [1.29, 1.82) is 0 Å². The van der Waals surface area contributed by atoms with E-state index in [2.05, 4.69) is 201 Å². The molecule has 0 radical (unpaired) electrons. The Hall–Kier alpha value is -7.88. The molecule has 1 unspecified atom stereocenters. The number of rotatable bonds is 6. The molecule has 61 heavy (non-hydrogen) atoms. The van der Waals surface area contributed by atoms with Gasteiger partial charge in [-0.05, 0) is 98.6 Å². The topological polar surface area (TPSA) is 38.9 Å². The van der Waals surface area contributed by atoms with Crippen LogP contribution in [0.4, 0.5) is 0 Å². The minimum absolute atomic E-state index is 0.333. The standard InChI is InChI=1S/C58H38N2O/c1-58(43-20-6-3-7-21-43)51-28-12-10-23-47(51)48-31-30-39(35-52(48)58)53-36-54(60-57(59-53)38-17-4-2-5-18-38)42-33-40(45-25-14-19-37-16-8-9-22-44(37)45)32-41(34-42)46-26-15-27-50-49-24-11-13-29-55(49)61-56(46)50/h2-36H,1H3. The van der Waals surface area contributed by atoms with Crippen molar-refractivity contribution < 1.29 is 4.42 Å². The summed E-state index contributed by atoms with van der Waals surface area (Å²) in [6.07, 6.45) is 0. The van der Waals surface area contributed by atoms with Gasteiger partial charge in [-0.1, -0.05) is 176 Å². The van der Waals surface area contributed by atoms with E-state index in [4.69, 9.17) is 14.4 Å². The summed E-state index contributed by atoms with van der Waals surface area (Å²) in [4.78, 5) is 10.7. The molecule has 0 spiro atoms. The summed E-state index contributed by atoms with van der Waals surface area (Å²) >= 11 is 0. The van der Waals surface area contributed by atoms with Crippen LogP contribution < -0.4 is 0 Å². The lowest BCUT2D eigenvalue weighted by Crippen LogP contribution is -2.22. The Labute approximate surface area is 354 Å². The van der Waals surface area contributed by atoms with E-state index in [0.717, 1.165) is 72.3 Å². The van der Waals surface area contributed by atoms with Crippen molar-refractivity contribution in [1.82, 2.24) is 9.97 Å². The van der Waals surface area contributed by atoms with Crippen molar-refractivity contribution in [2.75, 3.05) is 0 Å². The number of hydrogen-bond acceptors (Lipinski definition) is 3. The van der Waals surface area contributed by atoms with E-state index in [9.17, 15) is 0 Å². The number of nitrogens with zero attached hydrogens (tertiary/aromatic N) is 2. The molecule has 0 N–H and O–H groups in total. The molecule has 1 aliphatic carbocycles. The van der Waals surface area contributed by atoms with Crippen LogP contribution in [0.5, 0.6) is 0 Å². The zero-order valence-electron chi connectivity index (χ0n) is 33.5. The third kappa shape index (κ3) is 5.66. The highest BCUT2D eigenvalue weighted by molar-refractivity contribution is 6.10. The normalized spacial score (nSPS) is 14.4. The van der Waals surface area contributed by atoms with Gasteiger partial charge in [0.15, 0.2) is 5.82 Å². The first-order chi connectivity index (χ1) is 30.1. The van der Waals surface area contributed by atoms with Crippen molar-refractivity contribution in [2.24, 2.45) is 0 Å². The molecular weight excluding hydrogens is 741 g/mol. The largest absolute Gasteiger partial charge is 0.455 e. The van der Waals surface area contributed by atoms with Gasteiger partial charge in [0.1, 0.15) is 11.2 Å².